The number of amides is 1. The van der Waals surface area contributed by atoms with E-state index in [4.69, 9.17) is 0 Å². The third-order valence-electron chi connectivity index (χ3n) is 5.68. The van der Waals surface area contributed by atoms with Crippen molar-refractivity contribution >= 4 is 22.8 Å². The number of hydrogen-bond donors (Lipinski definition) is 1. The summed E-state index contributed by atoms with van der Waals surface area (Å²) in [5.74, 6) is 1.57. The number of likely N-dealkylation sites (tertiary alicyclic amines) is 1. The van der Waals surface area contributed by atoms with Gasteiger partial charge in [-0.2, -0.15) is 0 Å². The zero-order chi connectivity index (χ0) is 18.4. The van der Waals surface area contributed by atoms with E-state index in [1.807, 2.05) is 29.2 Å². The lowest BCUT2D eigenvalue weighted by atomic mass is 9.95. The van der Waals surface area contributed by atoms with E-state index in [0.29, 0.717) is 25.0 Å². The molecule has 1 atom stereocenters. The van der Waals surface area contributed by atoms with Crippen LogP contribution >= 0.6 is 0 Å². The van der Waals surface area contributed by atoms with Gasteiger partial charge >= 0.3 is 0 Å². The third kappa shape index (κ3) is 2.74. The Bertz CT molecular complexity index is 960. The Kier molecular flexibility index (Phi) is 3.81. The van der Waals surface area contributed by atoms with Gasteiger partial charge in [0.25, 0.3) is 5.91 Å². The molecule has 138 valence electrons. The summed E-state index contributed by atoms with van der Waals surface area (Å²) in [5.41, 5.74) is 2.72. The molecule has 2 fully saturated rings. The number of H-pyrrole nitrogens is 1. The molecule has 1 N–H and O–H groups in total. The molecule has 1 unspecified atom stereocenters. The van der Waals surface area contributed by atoms with Crippen molar-refractivity contribution < 1.29 is 4.79 Å². The second kappa shape index (κ2) is 6.33. The highest BCUT2D eigenvalue weighted by Crippen LogP contribution is 2.34. The smallest absolute Gasteiger partial charge is 0.289 e. The van der Waals surface area contributed by atoms with Gasteiger partial charge in [0.15, 0.2) is 11.6 Å². The van der Waals surface area contributed by atoms with Crippen LogP contribution in [0.4, 0.5) is 5.82 Å². The Labute approximate surface area is 157 Å². The first-order valence-electron chi connectivity index (χ1n) is 9.52. The van der Waals surface area contributed by atoms with E-state index in [0.717, 1.165) is 29.1 Å². The molecule has 0 saturated carbocycles. The van der Waals surface area contributed by atoms with E-state index in [1.54, 1.807) is 12.4 Å². The highest BCUT2D eigenvalue weighted by Gasteiger charge is 2.37. The summed E-state index contributed by atoms with van der Waals surface area (Å²) < 4.78 is 0. The summed E-state index contributed by atoms with van der Waals surface area (Å²) in [6.07, 6.45) is 5.90. The van der Waals surface area contributed by atoms with E-state index >= 15 is 0 Å². The monoisotopic (exact) mass is 362 g/mol. The number of anilines is 1. The molecule has 0 spiro atoms. The van der Waals surface area contributed by atoms with Crippen molar-refractivity contribution in [3.8, 4) is 0 Å². The van der Waals surface area contributed by atoms with Crippen molar-refractivity contribution in [2.45, 2.75) is 31.7 Å². The van der Waals surface area contributed by atoms with E-state index in [9.17, 15) is 4.79 Å². The Morgan fingerprint density at radius 1 is 1.19 bits per heavy atom. The van der Waals surface area contributed by atoms with Gasteiger partial charge in [0.2, 0.25) is 0 Å². The molecule has 5 rings (SSSR count). The molecule has 1 amide bonds. The zero-order valence-electron chi connectivity index (χ0n) is 15.3. The average Bonchev–Trinajstić information content (AvgIpc) is 3.27. The van der Waals surface area contributed by atoms with E-state index < -0.39 is 0 Å². The maximum atomic E-state index is 12.8. The Hall–Kier alpha value is -2.96. The first-order valence-corrected chi connectivity index (χ1v) is 9.52. The Morgan fingerprint density at radius 3 is 2.78 bits per heavy atom. The van der Waals surface area contributed by atoms with Crippen molar-refractivity contribution in [2.24, 2.45) is 0 Å². The number of aromatic amines is 1. The normalized spacial score (nSPS) is 20.3. The fourth-order valence-electron chi connectivity index (χ4n) is 4.12. The number of fused-ring (bicyclic) bond motifs is 1. The van der Waals surface area contributed by atoms with Crippen molar-refractivity contribution in [1.82, 2.24) is 24.8 Å². The molecule has 2 aliphatic heterocycles. The number of benzene rings is 1. The molecule has 2 aromatic heterocycles. The maximum Gasteiger partial charge on any atom is 0.289 e. The zero-order valence-corrected chi connectivity index (χ0v) is 15.3. The number of imidazole rings is 1. The molecule has 0 bridgehead atoms. The number of para-hydroxylation sites is 2. The molecular formula is C20H22N6O. The highest BCUT2D eigenvalue weighted by molar-refractivity contribution is 5.94. The van der Waals surface area contributed by atoms with Crippen molar-refractivity contribution in [1.29, 1.82) is 0 Å². The molecular weight excluding hydrogens is 340 g/mol. The second-order valence-electron chi connectivity index (χ2n) is 7.46. The minimum absolute atomic E-state index is 0.0533. The van der Waals surface area contributed by atoms with Crippen LogP contribution in [-0.2, 0) is 0 Å². The minimum atomic E-state index is -0.0533. The Morgan fingerprint density at radius 2 is 2.00 bits per heavy atom. The van der Waals surface area contributed by atoms with E-state index in [1.165, 1.54) is 12.8 Å². The lowest BCUT2D eigenvalue weighted by molar-refractivity contribution is 0.0587. The molecule has 4 heterocycles. The van der Waals surface area contributed by atoms with Gasteiger partial charge in [-0.05, 0) is 31.9 Å². The van der Waals surface area contributed by atoms with Crippen LogP contribution < -0.4 is 4.90 Å². The summed E-state index contributed by atoms with van der Waals surface area (Å²) in [7, 11) is 0. The van der Waals surface area contributed by atoms with Gasteiger partial charge < -0.3 is 14.8 Å². The molecule has 27 heavy (non-hydrogen) atoms. The molecule has 3 aromatic rings. The summed E-state index contributed by atoms with van der Waals surface area (Å²) in [5, 5.41) is 0. The summed E-state index contributed by atoms with van der Waals surface area (Å²) in [4.78, 5) is 33.7. The number of aromatic nitrogens is 4. The molecule has 2 saturated heterocycles. The fraction of sp³-hybridized carbons (Fsp3) is 0.400. The first kappa shape index (κ1) is 16.2. The lowest BCUT2D eigenvalue weighted by Gasteiger charge is -2.39. The average molecular weight is 362 g/mol. The molecule has 7 nitrogen and oxygen atoms in total. The molecule has 1 aromatic carbocycles. The van der Waals surface area contributed by atoms with Gasteiger partial charge in [-0.15, -0.1) is 0 Å². The van der Waals surface area contributed by atoms with Crippen LogP contribution in [0.3, 0.4) is 0 Å². The first-order chi connectivity index (χ1) is 13.2. The Balaban J connectivity index is 1.33. The predicted molar refractivity (Wildman–Crippen MR) is 103 cm³/mol. The van der Waals surface area contributed by atoms with Crippen LogP contribution in [0, 0.1) is 0 Å². The summed E-state index contributed by atoms with van der Waals surface area (Å²) in [6.45, 7) is 4.58. The lowest BCUT2D eigenvalue weighted by Crippen LogP contribution is -2.49. The van der Waals surface area contributed by atoms with Crippen LogP contribution in [0.25, 0.3) is 11.0 Å². The number of hydrogen-bond acceptors (Lipinski definition) is 5. The summed E-state index contributed by atoms with van der Waals surface area (Å²) >= 11 is 0. The van der Waals surface area contributed by atoms with Gasteiger partial charge in [0, 0.05) is 44.0 Å². The summed E-state index contributed by atoms with van der Waals surface area (Å²) in [6, 6.07) is 8.19. The van der Waals surface area contributed by atoms with Gasteiger partial charge in [0.05, 0.1) is 16.7 Å². The van der Waals surface area contributed by atoms with Gasteiger partial charge in [-0.1, -0.05) is 12.1 Å². The largest absolute Gasteiger partial charge is 0.352 e. The quantitative estimate of drug-likeness (QED) is 0.775. The number of nitrogens with one attached hydrogen (secondary N) is 1. The van der Waals surface area contributed by atoms with Crippen LogP contribution in [0.1, 0.15) is 42.0 Å². The van der Waals surface area contributed by atoms with Crippen molar-refractivity contribution in [3.63, 3.8) is 0 Å². The number of rotatable bonds is 3. The van der Waals surface area contributed by atoms with Gasteiger partial charge in [-0.3, -0.25) is 9.78 Å². The minimum Gasteiger partial charge on any atom is -0.352 e. The van der Waals surface area contributed by atoms with E-state index in [2.05, 4.69) is 31.8 Å². The molecule has 2 aliphatic rings. The molecule has 0 radical (unpaired) electrons. The van der Waals surface area contributed by atoms with Crippen LogP contribution in [0.15, 0.2) is 36.7 Å². The van der Waals surface area contributed by atoms with Gasteiger partial charge in [-0.25, -0.2) is 9.97 Å². The predicted octanol–water partition coefficient (Wildman–Crippen LogP) is 2.58. The van der Waals surface area contributed by atoms with Crippen molar-refractivity contribution in [2.75, 3.05) is 24.5 Å². The SMILES string of the molecule is CC1CCCN1c1nccnc1C1CN(C(=O)c2nc3ccccc3[nH]2)C1. The van der Waals surface area contributed by atoms with E-state index in [-0.39, 0.29) is 11.8 Å². The molecule has 7 heteroatoms. The standard InChI is InChI=1S/C20H22N6O/c1-13-5-4-10-26(13)19-17(21-8-9-22-19)14-11-25(12-14)20(27)18-23-15-6-2-3-7-16(15)24-18/h2-3,6-9,13-14H,4-5,10-12H2,1H3,(H,23,24). The molecule has 0 aliphatic carbocycles. The highest BCUT2D eigenvalue weighted by atomic mass is 16.2. The van der Waals surface area contributed by atoms with Crippen LogP contribution in [-0.4, -0.2) is 56.4 Å². The number of nitrogens with zero attached hydrogens (tertiary/aromatic N) is 5. The van der Waals surface area contributed by atoms with Crippen LogP contribution in [0.5, 0.6) is 0 Å². The fourth-order valence-corrected chi connectivity index (χ4v) is 4.12. The van der Waals surface area contributed by atoms with Crippen LogP contribution in [0.2, 0.25) is 0 Å². The second-order valence-corrected chi connectivity index (χ2v) is 7.46. The van der Waals surface area contributed by atoms with Crippen molar-refractivity contribution in [3.05, 3.63) is 48.2 Å². The number of carbonyl (C=O) groups is 1. The topological polar surface area (TPSA) is 78.0 Å². The third-order valence-corrected chi connectivity index (χ3v) is 5.68. The maximum absolute atomic E-state index is 12.8. The number of carbonyl (C=O) groups excluding carboxylic acids is 1. The van der Waals surface area contributed by atoms with Gasteiger partial charge in [0.1, 0.15) is 0 Å².